The number of fused-ring (bicyclic) bond motifs is 1. The van der Waals surface area contributed by atoms with E-state index in [-0.39, 0.29) is 22.5 Å². The number of hydrogen-bond acceptors (Lipinski definition) is 6. The van der Waals surface area contributed by atoms with E-state index in [0.717, 1.165) is 10.4 Å². The lowest BCUT2D eigenvalue weighted by atomic mass is 10.2. The summed E-state index contributed by atoms with van der Waals surface area (Å²) in [5.74, 6) is 0.536. The minimum Gasteiger partial charge on any atom is -0.383 e. The zero-order valence-electron chi connectivity index (χ0n) is 15.5. The van der Waals surface area contributed by atoms with Crippen molar-refractivity contribution in [2.45, 2.75) is 17.9 Å². The topological polar surface area (TPSA) is 84.1 Å². The van der Waals surface area contributed by atoms with Crippen molar-refractivity contribution in [1.29, 1.82) is 0 Å². The predicted octanol–water partition coefficient (Wildman–Crippen LogP) is 3.18. The van der Waals surface area contributed by atoms with Gasteiger partial charge in [0.05, 0.1) is 23.1 Å². The van der Waals surface area contributed by atoms with Gasteiger partial charge < -0.3 is 15.0 Å². The van der Waals surface area contributed by atoms with Gasteiger partial charge in [-0.05, 0) is 30.7 Å². The Morgan fingerprint density at radius 3 is 2.86 bits per heavy atom. The van der Waals surface area contributed by atoms with E-state index in [1.807, 2.05) is 6.07 Å². The number of nitrogens with one attached hydrogen (secondary N) is 2. The normalized spacial score (nSPS) is 12.2. The monoisotopic (exact) mass is 421 g/mol. The van der Waals surface area contributed by atoms with Gasteiger partial charge in [0.15, 0.2) is 0 Å². The van der Waals surface area contributed by atoms with Crippen LogP contribution in [0.3, 0.4) is 0 Å². The highest BCUT2D eigenvalue weighted by Gasteiger charge is 2.15. The Bertz CT molecular complexity index is 1020. The Morgan fingerprint density at radius 1 is 1.39 bits per heavy atom. The third kappa shape index (κ3) is 4.98. The molecule has 0 bridgehead atoms. The van der Waals surface area contributed by atoms with Gasteiger partial charge in [-0.2, -0.15) is 0 Å². The first-order chi connectivity index (χ1) is 13.5. The van der Waals surface area contributed by atoms with E-state index in [4.69, 9.17) is 4.74 Å². The van der Waals surface area contributed by atoms with Crippen LogP contribution in [0.4, 0.5) is 4.39 Å². The first-order valence-corrected chi connectivity index (χ1v) is 10.5. The van der Waals surface area contributed by atoms with Gasteiger partial charge in [-0.3, -0.25) is 9.59 Å². The maximum Gasteiger partial charge on any atom is 0.268 e. The van der Waals surface area contributed by atoms with Gasteiger partial charge in [0.25, 0.3) is 5.56 Å². The van der Waals surface area contributed by atoms with Crippen LogP contribution in [0.5, 0.6) is 0 Å². The molecule has 9 heteroatoms. The van der Waals surface area contributed by atoms with Gasteiger partial charge in [0.2, 0.25) is 5.91 Å². The fraction of sp³-hybridized carbons (Fsp3) is 0.316. The van der Waals surface area contributed by atoms with E-state index in [9.17, 15) is 14.0 Å². The van der Waals surface area contributed by atoms with Crippen molar-refractivity contribution >= 4 is 39.2 Å². The van der Waals surface area contributed by atoms with Crippen molar-refractivity contribution in [1.82, 2.24) is 15.3 Å². The number of thioether (sulfide) groups is 1. The van der Waals surface area contributed by atoms with E-state index >= 15 is 0 Å². The molecule has 0 aliphatic carbocycles. The molecule has 148 valence electrons. The molecule has 0 radical (unpaired) electrons. The maximum absolute atomic E-state index is 13.1. The summed E-state index contributed by atoms with van der Waals surface area (Å²) in [5, 5.41) is 2.50. The Balaban J connectivity index is 1.72. The lowest BCUT2D eigenvalue weighted by molar-refractivity contribution is -0.120. The van der Waals surface area contributed by atoms with Crippen LogP contribution in [0.1, 0.15) is 12.7 Å². The van der Waals surface area contributed by atoms with Crippen LogP contribution < -0.4 is 10.9 Å². The highest BCUT2D eigenvalue weighted by atomic mass is 32.2. The molecular weight excluding hydrogens is 401 g/mol. The van der Waals surface area contributed by atoms with Crippen molar-refractivity contribution in [3.8, 4) is 10.4 Å². The Kier molecular flexibility index (Phi) is 6.82. The number of aromatic nitrogens is 2. The van der Waals surface area contributed by atoms with Crippen LogP contribution in [0.25, 0.3) is 20.7 Å². The number of halogens is 1. The lowest BCUT2D eigenvalue weighted by Gasteiger charge is -2.11. The quantitative estimate of drug-likeness (QED) is 0.546. The van der Waals surface area contributed by atoms with Crippen molar-refractivity contribution < 1.29 is 13.9 Å². The number of benzene rings is 1. The summed E-state index contributed by atoms with van der Waals surface area (Å²) in [5.41, 5.74) is 1.22. The standard InChI is InChI=1S/C19H20FN3O3S2/c1-11(18(24)21-7-8-26-2)27-10-16-22-14-9-15(28-17(14)19(25)23-16)12-3-5-13(20)6-4-12/h3-6,9,11H,7-8,10H2,1-2H3,(H,21,24)(H,22,23,25)/t11-/m0/s1. The van der Waals surface area contributed by atoms with Gasteiger partial charge in [0.1, 0.15) is 16.3 Å². The smallest absolute Gasteiger partial charge is 0.268 e. The van der Waals surface area contributed by atoms with E-state index in [1.54, 1.807) is 26.2 Å². The zero-order valence-corrected chi connectivity index (χ0v) is 17.1. The number of methoxy groups -OCH3 is 1. The Morgan fingerprint density at radius 2 is 2.14 bits per heavy atom. The van der Waals surface area contributed by atoms with Crippen LogP contribution in [0.15, 0.2) is 35.1 Å². The third-order valence-electron chi connectivity index (χ3n) is 4.01. The van der Waals surface area contributed by atoms with Gasteiger partial charge >= 0.3 is 0 Å². The number of carbonyl (C=O) groups is 1. The summed E-state index contributed by atoms with van der Waals surface area (Å²) in [6.07, 6.45) is 0. The Labute approximate surface area is 169 Å². The summed E-state index contributed by atoms with van der Waals surface area (Å²) in [7, 11) is 1.58. The molecular formula is C19H20FN3O3S2. The van der Waals surface area contributed by atoms with Crippen LogP contribution in [0, 0.1) is 5.82 Å². The average Bonchev–Trinajstić information content (AvgIpc) is 3.11. The molecule has 0 fully saturated rings. The number of ether oxygens (including phenoxy) is 1. The maximum atomic E-state index is 13.1. The summed E-state index contributed by atoms with van der Waals surface area (Å²) in [6, 6.07) is 7.96. The first-order valence-electron chi connectivity index (χ1n) is 8.65. The molecule has 3 rings (SSSR count). The minimum atomic E-state index is -0.305. The highest BCUT2D eigenvalue weighted by Crippen LogP contribution is 2.31. The largest absolute Gasteiger partial charge is 0.383 e. The van der Waals surface area contributed by atoms with E-state index in [0.29, 0.717) is 34.9 Å². The number of aromatic amines is 1. The van der Waals surface area contributed by atoms with Crippen LogP contribution in [-0.4, -0.2) is 41.4 Å². The number of rotatable bonds is 8. The molecule has 0 aliphatic heterocycles. The second-order valence-corrected chi connectivity index (χ2v) is 8.46. The molecule has 1 atom stereocenters. The third-order valence-corrected chi connectivity index (χ3v) is 6.33. The van der Waals surface area contributed by atoms with Gasteiger partial charge in [-0.25, -0.2) is 9.37 Å². The molecule has 3 aromatic rings. The molecule has 28 heavy (non-hydrogen) atoms. The molecule has 1 aromatic carbocycles. The van der Waals surface area contributed by atoms with Crippen molar-refractivity contribution in [3.63, 3.8) is 0 Å². The van der Waals surface area contributed by atoms with Gasteiger partial charge in [0, 0.05) is 18.5 Å². The van der Waals surface area contributed by atoms with E-state index in [1.165, 1.54) is 35.2 Å². The second kappa shape index (κ2) is 9.31. The average molecular weight is 422 g/mol. The summed E-state index contributed by atoms with van der Waals surface area (Å²) < 4.78 is 18.5. The van der Waals surface area contributed by atoms with Gasteiger partial charge in [-0.15, -0.1) is 23.1 Å². The van der Waals surface area contributed by atoms with Crippen LogP contribution in [-0.2, 0) is 15.3 Å². The minimum absolute atomic E-state index is 0.0837. The van der Waals surface area contributed by atoms with E-state index in [2.05, 4.69) is 15.3 Å². The fourth-order valence-corrected chi connectivity index (χ4v) is 4.29. The number of nitrogens with zero attached hydrogens (tertiary/aromatic N) is 1. The summed E-state index contributed by atoms with van der Waals surface area (Å²) in [6.45, 7) is 2.73. The number of hydrogen-bond donors (Lipinski definition) is 2. The number of H-pyrrole nitrogens is 1. The number of thiophene rings is 1. The van der Waals surface area contributed by atoms with Crippen LogP contribution >= 0.6 is 23.1 Å². The fourth-order valence-electron chi connectivity index (χ4n) is 2.51. The molecule has 0 saturated heterocycles. The van der Waals surface area contributed by atoms with Crippen molar-refractivity contribution in [3.05, 3.63) is 52.3 Å². The van der Waals surface area contributed by atoms with E-state index < -0.39 is 0 Å². The molecule has 0 unspecified atom stereocenters. The predicted molar refractivity (Wildman–Crippen MR) is 111 cm³/mol. The number of amides is 1. The van der Waals surface area contributed by atoms with Crippen LogP contribution in [0.2, 0.25) is 0 Å². The lowest BCUT2D eigenvalue weighted by Crippen LogP contribution is -2.33. The highest BCUT2D eigenvalue weighted by molar-refractivity contribution is 7.99. The summed E-state index contributed by atoms with van der Waals surface area (Å²) in [4.78, 5) is 32.5. The molecule has 0 aliphatic rings. The molecule has 2 aromatic heterocycles. The van der Waals surface area contributed by atoms with Crippen molar-refractivity contribution in [2.75, 3.05) is 20.3 Å². The SMILES string of the molecule is COCCNC(=O)[C@H](C)SCc1nc2cc(-c3ccc(F)cc3)sc2c(=O)[nH]1. The van der Waals surface area contributed by atoms with Gasteiger partial charge in [-0.1, -0.05) is 12.1 Å². The molecule has 0 spiro atoms. The van der Waals surface area contributed by atoms with Crippen molar-refractivity contribution in [2.24, 2.45) is 0 Å². The molecule has 2 heterocycles. The molecule has 0 saturated carbocycles. The second-order valence-electron chi connectivity index (χ2n) is 6.08. The molecule has 2 N–H and O–H groups in total. The Hall–Kier alpha value is -2.23. The summed E-state index contributed by atoms with van der Waals surface area (Å²) >= 11 is 2.71. The molecule has 1 amide bonds. The number of carbonyl (C=O) groups excluding carboxylic acids is 1. The first kappa shape index (κ1) is 20.5. The molecule has 6 nitrogen and oxygen atoms in total. The zero-order chi connectivity index (χ0) is 20.1.